The molecule has 0 aliphatic carbocycles. The first-order valence-electron chi connectivity index (χ1n) is 4.77. The molecule has 3 rings (SSSR count). The van der Waals surface area contributed by atoms with E-state index < -0.39 is 0 Å². The Morgan fingerprint density at radius 3 is 2.77 bits per heavy atom. The highest BCUT2D eigenvalue weighted by molar-refractivity contribution is 5.22. The zero-order chi connectivity index (χ0) is 8.67. The molecule has 0 aromatic heterocycles. The summed E-state index contributed by atoms with van der Waals surface area (Å²) >= 11 is 0. The molecule has 0 radical (unpaired) electrons. The lowest BCUT2D eigenvalue weighted by molar-refractivity contribution is -0.202. The van der Waals surface area contributed by atoms with Gasteiger partial charge in [-0.25, -0.2) is 0 Å². The predicted molar refractivity (Wildman–Crippen MR) is 48.4 cm³/mol. The third kappa shape index (κ3) is 1.10. The average Bonchev–Trinajstić information content (AvgIpc) is 2.50. The molecule has 0 amide bonds. The number of fused-ring (bicyclic) bond motifs is 1. The molecule has 0 saturated carbocycles. The van der Waals surface area contributed by atoms with Crippen LogP contribution in [0.3, 0.4) is 0 Å². The average molecular weight is 176 g/mol. The fraction of sp³-hybridized carbons (Fsp3) is 0.455. The van der Waals surface area contributed by atoms with Crippen molar-refractivity contribution in [3.63, 3.8) is 0 Å². The van der Waals surface area contributed by atoms with Gasteiger partial charge in [-0.2, -0.15) is 0 Å². The Balaban J connectivity index is 1.81. The molecule has 1 aromatic rings. The lowest BCUT2D eigenvalue weighted by atomic mass is 9.94. The summed E-state index contributed by atoms with van der Waals surface area (Å²) in [5, 5.41) is 0. The maximum atomic E-state index is 5.72. The van der Waals surface area contributed by atoms with Crippen LogP contribution in [0.25, 0.3) is 0 Å². The summed E-state index contributed by atoms with van der Waals surface area (Å²) in [7, 11) is 0. The first kappa shape index (κ1) is 7.54. The summed E-state index contributed by atoms with van der Waals surface area (Å²) in [5.41, 5.74) is 1.24. The van der Waals surface area contributed by atoms with E-state index in [1.807, 2.05) is 18.2 Å². The third-order valence-corrected chi connectivity index (χ3v) is 2.83. The smallest absolute Gasteiger partial charge is 0.114 e. The second-order valence-electron chi connectivity index (χ2n) is 3.63. The van der Waals surface area contributed by atoms with Crippen LogP contribution in [0, 0.1) is 0 Å². The van der Waals surface area contributed by atoms with Gasteiger partial charge in [-0.3, -0.25) is 0 Å². The Labute approximate surface area is 77.5 Å². The highest BCUT2D eigenvalue weighted by atomic mass is 16.6. The molecule has 13 heavy (non-hydrogen) atoms. The third-order valence-electron chi connectivity index (χ3n) is 2.83. The molecule has 2 nitrogen and oxygen atoms in total. The van der Waals surface area contributed by atoms with Gasteiger partial charge in [0, 0.05) is 6.61 Å². The molecule has 2 heteroatoms. The van der Waals surface area contributed by atoms with Gasteiger partial charge >= 0.3 is 0 Å². The number of rotatable bonds is 1. The van der Waals surface area contributed by atoms with Crippen molar-refractivity contribution in [3.05, 3.63) is 35.9 Å². The summed E-state index contributed by atoms with van der Waals surface area (Å²) in [5.74, 6) is 0. The highest BCUT2D eigenvalue weighted by Gasteiger charge is 2.47. The van der Waals surface area contributed by atoms with Crippen molar-refractivity contribution in [1.29, 1.82) is 0 Å². The van der Waals surface area contributed by atoms with E-state index in [1.54, 1.807) is 0 Å². The molecular weight excluding hydrogens is 164 g/mol. The molecule has 68 valence electrons. The Morgan fingerprint density at radius 2 is 2.00 bits per heavy atom. The van der Waals surface area contributed by atoms with Gasteiger partial charge in [0.25, 0.3) is 0 Å². The monoisotopic (exact) mass is 176 g/mol. The molecule has 2 saturated heterocycles. The minimum absolute atomic E-state index is 0.189. The van der Waals surface area contributed by atoms with E-state index in [0.29, 0.717) is 12.2 Å². The summed E-state index contributed by atoms with van der Waals surface area (Å²) in [6.45, 7) is 0.860. The van der Waals surface area contributed by atoms with Crippen LogP contribution in [-0.2, 0) is 9.47 Å². The first-order chi connectivity index (χ1) is 6.45. The van der Waals surface area contributed by atoms with Crippen LogP contribution < -0.4 is 0 Å². The zero-order valence-electron chi connectivity index (χ0n) is 7.35. The molecule has 0 N–H and O–H groups in total. The fourth-order valence-electron chi connectivity index (χ4n) is 2.11. The summed E-state index contributed by atoms with van der Waals surface area (Å²) < 4.78 is 11.3. The minimum Gasteiger partial charge on any atom is -0.372 e. The van der Waals surface area contributed by atoms with Crippen molar-refractivity contribution in [1.82, 2.24) is 0 Å². The SMILES string of the molecule is c1ccc([C@@H]2O[C@H]3CCO[C@H]32)cc1. The normalized spacial score (nSPS) is 36.8. The fourth-order valence-corrected chi connectivity index (χ4v) is 2.11. The maximum Gasteiger partial charge on any atom is 0.114 e. The Bertz CT molecular complexity index is 296. The van der Waals surface area contributed by atoms with Crippen LogP contribution in [-0.4, -0.2) is 18.8 Å². The van der Waals surface area contributed by atoms with Crippen LogP contribution in [0.2, 0.25) is 0 Å². The van der Waals surface area contributed by atoms with Gasteiger partial charge in [-0.15, -0.1) is 0 Å². The van der Waals surface area contributed by atoms with Gasteiger partial charge in [-0.05, 0) is 12.0 Å². The molecule has 2 aliphatic heterocycles. The van der Waals surface area contributed by atoms with E-state index in [2.05, 4.69) is 12.1 Å². The van der Waals surface area contributed by atoms with Crippen LogP contribution in [0.1, 0.15) is 18.1 Å². The quantitative estimate of drug-likeness (QED) is 0.650. The molecule has 1 aromatic carbocycles. The van der Waals surface area contributed by atoms with Crippen LogP contribution in [0.5, 0.6) is 0 Å². The van der Waals surface area contributed by atoms with E-state index in [9.17, 15) is 0 Å². The van der Waals surface area contributed by atoms with Gasteiger partial charge in [0.15, 0.2) is 0 Å². The van der Waals surface area contributed by atoms with E-state index in [4.69, 9.17) is 9.47 Å². The topological polar surface area (TPSA) is 18.5 Å². The minimum atomic E-state index is 0.189. The Kier molecular flexibility index (Phi) is 1.64. The molecule has 0 spiro atoms. The van der Waals surface area contributed by atoms with Crippen molar-refractivity contribution in [2.75, 3.05) is 6.61 Å². The van der Waals surface area contributed by atoms with E-state index in [-0.39, 0.29) is 6.10 Å². The van der Waals surface area contributed by atoms with Crippen molar-refractivity contribution in [2.45, 2.75) is 24.7 Å². The molecule has 2 heterocycles. The van der Waals surface area contributed by atoms with Crippen molar-refractivity contribution < 1.29 is 9.47 Å². The maximum absolute atomic E-state index is 5.72. The number of benzene rings is 1. The standard InChI is InChI=1S/C11H12O2/c1-2-4-8(5-3-1)10-11-9(13-10)6-7-12-11/h1-5,9-11H,6-7H2/t9-,10-,11+/m0/s1. The van der Waals surface area contributed by atoms with Crippen LogP contribution >= 0.6 is 0 Å². The van der Waals surface area contributed by atoms with Crippen molar-refractivity contribution >= 4 is 0 Å². The molecule has 3 atom stereocenters. The van der Waals surface area contributed by atoms with Gasteiger partial charge in [0.1, 0.15) is 12.2 Å². The highest BCUT2D eigenvalue weighted by Crippen LogP contribution is 2.42. The zero-order valence-corrected chi connectivity index (χ0v) is 7.35. The molecular formula is C11H12O2. The Morgan fingerprint density at radius 1 is 1.15 bits per heavy atom. The summed E-state index contributed by atoms with van der Waals surface area (Å²) in [6.07, 6.45) is 1.94. The van der Waals surface area contributed by atoms with Crippen LogP contribution in [0.15, 0.2) is 30.3 Å². The van der Waals surface area contributed by atoms with Gasteiger partial charge in [0.2, 0.25) is 0 Å². The molecule has 0 bridgehead atoms. The van der Waals surface area contributed by atoms with E-state index in [1.165, 1.54) is 5.56 Å². The molecule has 2 fully saturated rings. The second kappa shape index (κ2) is 2.82. The number of hydrogen-bond acceptors (Lipinski definition) is 2. The summed E-state index contributed by atoms with van der Waals surface area (Å²) in [4.78, 5) is 0. The van der Waals surface area contributed by atoms with Crippen LogP contribution in [0.4, 0.5) is 0 Å². The largest absolute Gasteiger partial charge is 0.372 e. The molecule has 0 unspecified atom stereocenters. The predicted octanol–water partition coefficient (Wildman–Crippen LogP) is 1.92. The van der Waals surface area contributed by atoms with Gasteiger partial charge in [-0.1, -0.05) is 30.3 Å². The van der Waals surface area contributed by atoms with E-state index >= 15 is 0 Å². The van der Waals surface area contributed by atoms with E-state index in [0.717, 1.165) is 13.0 Å². The van der Waals surface area contributed by atoms with Crippen molar-refractivity contribution in [3.8, 4) is 0 Å². The molecule has 2 aliphatic rings. The Hall–Kier alpha value is -0.860. The first-order valence-corrected chi connectivity index (χ1v) is 4.77. The number of ether oxygens (including phenoxy) is 2. The second-order valence-corrected chi connectivity index (χ2v) is 3.63. The van der Waals surface area contributed by atoms with Crippen molar-refractivity contribution in [2.24, 2.45) is 0 Å². The lowest BCUT2D eigenvalue weighted by Crippen LogP contribution is -2.44. The lowest BCUT2D eigenvalue weighted by Gasteiger charge is -2.39. The van der Waals surface area contributed by atoms with Gasteiger partial charge in [0.05, 0.1) is 6.10 Å². The number of hydrogen-bond donors (Lipinski definition) is 0. The van der Waals surface area contributed by atoms with Gasteiger partial charge < -0.3 is 9.47 Å². The summed E-state index contributed by atoms with van der Waals surface area (Å²) in [6, 6.07) is 10.3.